The highest BCUT2D eigenvalue weighted by atomic mass is 79.9. The van der Waals surface area contributed by atoms with E-state index >= 15 is 0 Å². The van der Waals surface area contributed by atoms with Crippen molar-refractivity contribution in [3.63, 3.8) is 0 Å². The maximum absolute atomic E-state index is 5.59. The number of halogens is 1. The largest absolute Gasteiger partial charge is 0.490 e. The molecule has 0 aliphatic carbocycles. The second-order valence-corrected chi connectivity index (χ2v) is 3.83. The lowest BCUT2D eigenvalue weighted by Gasteiger charge is -2.13. The quantitative estimate of drug-likeness (QED) is 0.897. The van der Waals surface area contributed by atoms with E-state index < -0.39 is 0 Å². The molecule has 1 aromatic rings. The summed E-state index contributed by atoms with van der Waals surface area (Å²) in [5, 5.41) is 0. The Morgan fingerprint density at radius 2 is 1.87 bits per heavy atom. The zero-order valence-corrected chi connectivity index (χ0v) is 10.6. The van der Waals surface area contributed by atoms with Crippen LogP contribution in [0.2, 0.25) is 0 Å². The van der Waals surface area contributed by atoms with Crippen LogP contribution in [0.3, 0.4) is 0 Å². The molecule has 0 aromatic heterocycles. The van der Waals surface area contributed by atoms with Crippen LogP contribution < -0.4 is 15.2 Å². The SMILES string of the molecule is CCOc1cc(CN)cc(Br)c1OCC. The fraction of sp³-hybridized carbons (Fsp3) is 0.455. The second kappa shape index (κ2) is 5.98. The molecule has 0 saturated heterocycles. The second-order valence-electron chi connectivity index (χ2n) is 2.98. The van der Waals surface area contributed by atoms with Crippen molar-refractivity contribution < 1.29 is 9.47 Å². The first-order valence-electron chi connectivity index (χ1n) is 5.01. The van der Waals surface area contributed by atoms with Gasteiger partial charge in [0.2, 0.25) is 0 Å². The van der Waals surface area contributed by atoms with Crippen LogP contribution in [0.1, 0.15) is 19.4 Å². The van der Waals surface area contributed by atoms with Crippen LogP contribution in [0.5, 0.6) is 11.5 Å². The molecule has 0 spiro atoms. The van der Waals surface area contributed by atoms with Gasteiger partial charge in [-0.3, -0.25) is 0 Å². The molecule has 0 aliphatic rings. The first-order valence-corrected chi connectivity index (χ1v) is 5.80. The van der Waals surface area contributed by atoms with E-state index in [0.29, 0.717) is 19.8 Å². The Kier molecular flexibility index (Phi) is 4.91. The van der Waals surface area contributed by atoms with Crippen LogP contribution in [0, 0.1) is 0 Å². The molecule has 15 heavy (non-hydrogen) atoms. The lowest BCUT2D eigenvalue weighted by molar-refractivity contribution is 0.286. The minimum absolute atomic E-state index is 0.491. The predicted molar refractivity (Wildman–Crippen MR) is 64.4 cm³/mol. The highest BCUT2D eigenvalue weighted by Gasteiger charge is 2.10. The van der Waals surface area contributed by atoms with Crippen LogP contribution >= 0.6 is 15.9 Å². The van der Waals surface area contributed by atoms with E-state index in [-0.39, 0.29) is 0 Å². The summed E-state index contributed by atoms with van der Waals surface area (Å²) in [6.45, 7) is 5.60. The van der Waals surface area contributed by atoms with Gasteiger partial charge in [0, 0.05) is 6.54 Å². The molecule has 3 nitrogen and oxygen atoms in total. The lowest BCUT2D eigenvalue weighted by atomic mass is 10.2. The number of nitrogens with two attached hydrogens (primary N) is 1. The highest BCUT2D eigenvalue weighted by Crippen LogP contribution is 2.36. The van der Waals surface area contributed by atoms with Crippen molar-refractivity contribution in [2.45, 2.75) is 20.4 Å². The van der Waals surface area contributed by atoms with Gasteiger partial charge in [-0.2, -0.15) is 0 Å². The van der Waals surface area contributed by atoms with E-state index in [4.69, 9.17) is 15.2 Å². The van der Waals surface area contributed by atoms with Crippen LogP contribution in [0.25, 0.3) is 0 Å². The van der Waals surface area contributed by atoms with Gasteiger partial charge in [-0.25, -0.2) is 0 Å². The number of hydrogen-bond acceptors (Lipinski definition) is 3. The Hall–Kier alpha value is -0.740. The number of hydrogen-bond donors (Lipinski definition) is 1. The zero-order chi connectivity index (χ0) is 11.3. The molecule has 1 rings (SSSR count). The Morgan fingerprint density at radius 1 is 1.20 bits per heavy atom. The maximum Gasteiger partial charge on any atom is 0.175 e. The summed E-state index contributed by atoms with van der Waals surface area (Å²) in [4.78, 5) is 0. The van der Waals surface area contributed by atoms with Gasteiger partial charge in [-0.05, 0) is 47.5 Å². The van der Waals surface area contributed by atoms with Gasteiger partial charge in [0.25, 0.3) is 0 Å². The van der Waals surface area contributed by atoms with Gasteiger partial charge >= 0.3 is 0 Å². The molecule has 4 heteroatoms. The molecule has 84 valence electrons. The zero-order valence-electron chi connectivity index (χ0n) is 9.05. The molecule has 0 heterocycles. The van der Waals surface area contributed by atoms with Crippen LogP contribution in [0.4, 0.5) is 0 Å². The third-order valence-electron chi connectivity index (χ3n) is 1.89. The summed E-state index contributed by atoms with van der Waals surface area (Å²) in [5.74, 6) is 1.49. The van der Waals surface area contributed by atoms with Gasteiger partial charge in [-0.15, -0.1) is 0 Å². The molecule has 0 amide bonds. The molecule has 0 unspecified atom stereocenters. The Labute approximate surface area is 98.7 Å². The highest BCUT2D eigenvalue weighted by molar-refractivity contribution is 9.10. The molecule has 0 atom stereocenters. The molecule has 2 N–H and O–H groups in total. The van der Waals surface area contributed by atoms with Gasteiger partial charge < -0.3 is 15.2 Å². The van der Waals surface area contributed by atoms with Crippen molar-refractivity contribution in [3.05, 3.63) is 22.2 Å². The third kappa shape index (κ3) is 3.11. The van der Waals surface area contributed by atoms with E-state index in [9.17, 15) is 0 Å². The Morgan fingerprint density at radius 3 is 2.40 bits per heavy atom. The van der Waals surface area contributed by atoms with Gasteiger partial charge in [-0.1, -0.05) is 0 Å². The lowest BCUT2D eigenvalue weighted by Crippen LogP contribution is -2.02. The summed E-state index contributed by atoms with van der Waals surface area (Å²) in [6, 6.07) is 3.87. The minimum atomic E-state index is 0.491. The fourth-order valence-electron chi connectivity index (χ4n) is 1.29. The normalized spacial score (nSPS) is 10.1. The van der Waals surface area contributed by atoms with Gasteiger partial charge in [0.1, 0.15) is 0 Å². The van der Waals surface area contributed by atoms with Crippen LogP contribution in [-0.4, -0.2) is 13.2 Å². The van der Waals surface area contributed by atoms with Crippen molar-refractivity contribution in [2.75, 3.05) is 13.2 Å². The number of ether oxygens (including phenoxy) is 2. The summed E-state index contributed by atoms with van der Waals surface area (Å²) < 4.78 is 11.9. The average molecular weight is 274 g/mol. The van der Waals surface area contributed by atoms with E-state index in [2.05, 4.69) is 15.9 Å². The van der Waals surface area contributed by atoms with Crippen LogP contribution in [0.15, 0.2) is 16.6 Å². The first kappa shape index (κ1) is 12.3. The smallest absolute Gasteiger partial charge is 0.175 e. The van der Waals surface area contributed by atoms with Crippen molar-refractivity contribution in [1.29, 1.82) is 0 Å². The molecule has 0 fully saturated rings. The van der Waals surface area contributed by atoms with E-state index in [1.807, 2.05) is 26.0 Å². The predicted octanol–water partition coefficient (Wildman–Crippen LogP) is 2.71. The van der Waals surface area contributed by atoms with Crippen molar-refractivity contribution in [1.82, 2.24) is 0 Å². The Bertz CT molecular complexity index is 329. The Balaban J connectivity index is 3.10. The van der Waals surface area contributed by atoms with Gasteiger partial charge in [0.05, 0.1) is 17.7 Å². The monoisotopic (exact) mass is 273 g/mol. The summed E-state index contributed by atoms with van der Waals surface area (Å²) >= 11 is 3.45. The molecule has 0 bridgehead atoms. The van der Waals surface area contributed by atoms with Crippen molar-refractivity contribution in [2.24, 2.45) is 5.73 Å². The average Bonchev–Trinajstić information content (AvgIpc) is 2.23. The van der Waals surface area contributed by atoms with E-state index in [1.54, 1.807) is 0 Å². The molecule has 0 aliphatic heterocycles. The number of benzene rings is 1. The minimum Gasteiger partial charge on any atom is -0.490 e. The molecule has 1 aromatic carbocycles. The number of rotatable bonds is 5. The maximum atomic E-state index is 5.59. The van der Waals surface area contributed by atoms with Crippen molar-refractivity contribution in [3.8, 4) is 11.5 Å². The topological polar surface area (TPSA) is 44.5 Å². The summed E-state index contributed by atoms with van der Waals surface area (Å²) in [5.41, 5.74) is 6.61. The standard InChI is InChI=1S/C11H16BrNO2/c1-3-14-10-6-8(7-13)5-9(12)11(10)15-4-2/h5-6H,3-4,7,13H2,1-2H3. The summed E-state index contributed by atoms with van der Waals surface area (Å²) in [6.07, 6.45) is 0. The van der Waals surface area contributed by atoms with Crippen LogP contribution in [-0.2, 0) is 6.54 Å². The first-order chi connectivity index (χ1) is 7.22. The van der Waals surface area contributed by atoms with E-state index in [1.165, 1.54) is 0 Å². The van der Waals surface area contributed by atoms with E-state index in [0.717, 1.165) is 21.5 Å². The molecular formula is C11H16BrNO2. The van der Waals surface area contributed by atoms with Crippen molar-refractivity contribution >= 4 is 15.9 Å². The fourth-order valence-corrected chi connectivity index (χ4v) is 1.89. The third-order valence-corrected chi connectivity index (χ3v) is 2.48. The molecule has 0 saturated carbocycles. The molecule has 0 radical (unpaired) electrons. The molecular weight excluding hydrogens is 258 g/mol. The van der Waals surface area contributed by atoms with Gasteiger partial charge in [0.15, 0.2) is 11.5 Å². The summed E-state index contributed by atoms with van der Waals surface area (Å²) in [7, 11) is 0.